The molecule has 0 saturated carbocycles. The van der Waals surface area contributed by atoms with Crippen LogP contribution in [0.3, 0.4) is 0 Å². The van der Waals surface area contributed by atoms with Gasteiger partial charge in [0, 0.05) is 48.6 Å². The number of hydrogen-bond donors (Lipinski definition) is 1. The van der Waals surface area contributed by atoms with Gasteiger partial charge in [-0.05, 0) is 47.7 Å². The van der Waals surface area contributed by atoms with Crippen molar-refractivity contribution < 1.29 is 9.59 Å². The molecule has 8 heteroatoms. The average molecular weight is 476 g/mol. The van der Waals surface area contributed by atoms with Crippen molar-refractivity contribution in [3.05, 3.63) is 26.6 Å². The van der Waals surface area contributed by atoms with Gasteiger partial charge in [0.15, 0.2) is 0 Å². The number of carbonyl (C=O) groups is 2. The summed E-state index contributed by atoms with van der Waals surface area (Å²) in [7, 11) is 3.99. The zero-order valence-corrected chi connectivity index (χ0v) is 18.0. The Labute approximate surface area is 165 Å². The molecule has 1 N–H and O–H groups in total. The Morgan fingerprint density at radius 2 is 1.84 bits per heavy atom. The van der Waals surface area contributed by atoms with Crippen LogP contribution in [0, 0.1) is 0 Å². The number of rotatable bonds is 5. The predicted octanol–water partition coefficient (Wildman–Crippen LogP) is 2.38. The number of anilines is 1. The second kappa shape index (κ2) is 9.12. The van der Waals surface area contributed by atoms with Crippen LogP contribution in [-0.2, 0) is 16.1 Å². The Morgan fingerprint density at radius 3 is 2.44 bits per heavy atom. The molecular weight excluding hydrogens is 452 g/mol. The van der Waals surface area contributed by atoms with Gasteiger partial charge >= 0.3 is 0 Å². The molecule has 1 aromatic rings. The molecule has 0 aromatic heterocycles. The van der Waals surface area contributed by atoms with Crippen LogP contribution in [0.15, 0.2) is 21.1 Å². The fourth-order valence-electron chi connectivity index (χ4n) is 2.80. The van der Waals surface area contributed by atoms with E-state index in [1.54, 1.807) is 0 Å². The van der Waals surface area contributed by atoms with Gasteiger partial charge in [-0.2, -0.15) is 0 Å². The molecule has 1 heterocycles. The topological polar surface area (TPSA) is 55.9 Å². The maximum absolute atomic E-state index is 12.5. The van der Waals surface area contributed by atoms with E-state index in [0.717, 1.165) is 46.4 Å². The number of piperazine rings is 1. The third-order valence-corrected chi connectivity index (χ3v) is 5.22. The van der Waals surface area contributed by atoms with E-state index >= 15 is 0 Å². The van der Waals surface area contributed by atoms with Crippen LogP contribution in [0.4, 0.5) is 5.69 Å². The summed E-state index contributed by atoms with van der Waals surface area (Å²) in [6, 6.07) is 3.86. The number of nitrogens with zero attached hydrogens (tertiary/aromatic N) is 3. The maximum atomic E-state index is 12.5. The average Bonchev–Trinajstić information content (AvgIpc) is 2.51. The molecule has 0 aliphatic carbocycles. The molecule has 1 aliphatic rings. The molecule has 0 unspecified atom stereocenters. The quantitative estimate of drug-likeness (QED) is 0.710. The van der Waals surface area contributed by atoms with Crippen LogP contribution in [-0.4, -0.2) is 73.3 Å². The molecule has 1 aliphatic heterocycles. The summed E-state index contributed by atoms with van der Waals surface area (Å²) in [6.45, 7) is 5.80. The number of carbonyl (C=O) groups excluding carboxylic acids is 2. The molecule has 1 fully saturated rings. The Hall–Kier alpha value is -0.960. The highest BCUT2D eigenvalue weighted by atomic mass is 79.9. The Balaban J connectivity index is 2.03. The van der Waals surface area contributed by atoms with Gasteiger partial charge in [0.05, 0.1) is 12.2 Å². The van der Waals surface area contributed by atoms with Gasteiger partial charge in [0.25, 0.3) is 0 Å². The standard InChI is InChI=1S/C17H24Br2N4O2/c1-12(24)20-17-13(8-14(18)9-15(17)19)10-22(3)11-16(25)23-6-4-21(2)5-7-23/h8-9H,4-7,10-11H2,1-3H3,(H,20,24). The van der Waals surface area contributed by atoms with Crippen molar-refractivity contribution in [2.45, 2.75) is 13.5 Å². The number of likely N-dealkylation sites (N-methyl/N-ethyl adjacent to an activating group) is 2. The Kier molecular flexibility index (Phi) is 7.42. The van der Waals surface area contributed by atoms with E-state index in [0.29, 0.717) is 13.1 Å². The molecule has 1 aromatic carbocycles. The molecule has 138 valence electrons. The molecule has 0 spiro atoms. The van der Waals surface area contributed by atoms with Gasteiger partial charge < -0.3 is 15.1 Å². The minimum atomic E-state index is -0.125. The molecule has 0 bridgehead atoms. The first kappa shape index (κ1) is 20.4. The minimum absolute atomic E-state index is 0.125. The van der Waals surface area contributed by atoms with E-state index < -0.39 is 0 Å². The smallest absolute Gasteiger partial charge is 0.236 e. The second-order valence-electron chi connectivity index (χ2n) is 6.46. The molecule has 2 rings (SSSR count). The van der Waals surface area contributed by atoms with E-state index in [9.17, 15) is 9.59 Å². The lowest BCUT2D eigenvalue weighted by Crippen LogP contribution is -2.49. The van der Waals surface area contributed by atoms with Crippen molar-refractivity contribution in [2.75, 3.05) is 52.1 Å². The normalized spacial score (nSPS) is 15.5. The summed E-state index contributed by atoms with van der Waals surface area (Å²) in [5, 5.41) is 2.86. The summed E-state index contributed by atoms with van der Waals surface area (Å²) in [6.07, 6.45) is 0. The largest absolute Gasteiger partial charge is 0.339 e. The first-order valence-corrected chi connectivity index (χ1v) is 9.75. The molecule has 2 amide bonds. The van der Waals surface area contributed by atoms with E-state index in [4.69, 9.17) is 0 Å². The summed E-state index contributed by atoms with van der Waals surface area (Å²) in [5.74, 6) is 0.0196. The van der Waals surface area contributed by atoms with Gasteiger partial charge in [-0.1, -0.05) is 15.9 Å². The van der Waals surface area contributed by atoms with Crippen LogP contribution >= 0.6 is 31.9 Å². The van der Waals surface area contributed by atoms with Crippen LogP contribution in [0.2, 0.25) is 0 Å². The van der Waals surface area contributed by atoms with Crippen molar-refractivity contribution in [3.63, 3.8) is 0 Å². The molecule has 1 saturated heterocycles. The number of nitrogens with one attached hydrogen (secondary N) is 1. The van der Waals surface area contributed by atoms with E-state index in [1.165, 1.54) is 6.92 Å². The van der Waals surface area contributed by atoms with E-state index in [-0.39, 0.29) is 11.8 Å². The van der Waals surface area contributed by atoms with Gasteiger partial charge in [0.2, 0.25) is 11.8 Å². The van der Waals surface area contributed by atoms with Gasteiger partial charge in [-0.15, -0.1) is 0 Å². The van der Waals surface area contributed by atoms with Crippen molar-refractivity contribution in [2.24, 2.45) is 0 Å². The predicted molar refractivity (Wildman–Crippen MR) is 107 cm³/mol. The summed E-state index contributed by atoms with van der Waals surface area (Å²) in [4.78, 5) is 30.1. The second-order valence-corrected chi connectivity index (χ2v) is 8.23. The van der Waals surface area contributed by atoms with Crippen molar-refractivity contribution in [1.82, 2.24) is 14.7 Å². The first-order valence-electron chi connectivity index (χ1n) is 8.16. The first-order chi connectivity index (χ1) is 11.8. The number of benzene rings is 1. The maximum Gasteiger partial charge on any atom is 0.236 e. The monoisotopic (exact) mass is 474 g/mol. The zero-order chi connectivity index (χ0) is 18.6. The zero-order valence-electron chi connectivity index (χ0n) is 14.8. The van der Waals surface area contributed by atoms with Crippen LogP contribution in [0.25, 0.3) is 0 Å². The molecular formula is C17H24Br2N4O2. The molecule has 0 atom stereocenters. The third kappa shape index (κ3) is 6.06. The summed E-state index contributed by atoms with van der Waals surface area (Å²) < 4.78 is 1.73. The van der Waals surface area contributed by atoms with Crippen molar-refractivity contribution in [1.29, 1.82) is 0 Å². The molecule has 6 nitrogen and oxygen atoms in total. The van der Waals surface area contributed by atoms with Crippen molar-refractivity contribution in [3.8, 4) is 0 Å². The summed E-state index contributed by atoms with van der Waals surface area (Å²) in [5.41, 5.74) is 1.69. The number of halogens is 2. The van der Waals surface area contributed by atoms with Crippen LogP contribution in [0.5, 0.6) is 0 Å². The summed E-state index contributed by atoms with van der Waals surface area (Å²) >= 11 is 6.97. The van der Waals surface area contributed by atoms with Crippen LogP contribution < -0.4 is 5.32 Å². The lowest BCUT2D eigenvalue weighted by molar-refractivity contribution is -0.133. The third-order valence-electron chi connectivity index (χ3n) is 4.14. The molecule has 25 heavy (non-hydrogen) atoms. The highest BCUT2D eigenvalue weighted by molar-refractivity contribution is 9.11. The minimum Gasteiger partial charge on any atom is -0.339 e. The van der Waals surface area contributed by atoms with Gasteiger partial charge in [-0.25, -0.2) is 0 Å². The van der Waals surface area contributed by atoms with E-state index in [2.05, 4.69) is 49.1 Å². The highest BCUT2D eigenvalue weighted by Gasteiger charge is 2.21. The lowest BCUT2D eigenvalue weighted by atomic mass is 10.1. The number of amides is 2. The SMILES string of the molecule is CC(=O)Nc1c(Br)cc(Br)cc1CN(C)CC(=O)N1CCN(C)CC1. The number of hydrogen-bond acceptors (Lipinski definition) is 4. The lowest BCUT2D eigenvalue weighted by Gasteiger charge is -2.33. The van der Waals surface area contributed by atoms with Crippen LogP contribution in [0.1, 0.15) is 12.5 Å². The Bertz CT molecular complexity index is 646. The van der Waals surface area contributed by atoms with E-state index in [1.807, 2.05) is 29.0 Å². The highest BCUT2D eigenvalue weighted by Crippen LogP contribution is 2.31. The van der Waals surface area contributed by atoms with Gasteiger partial charge in [0.1, 0.15) is 0 Å². The fourth-order valence-corrected chi connectivity index (χ4v) is 4.21. The molecule has 0 radical (unpaired) electrons. The fraction of sp³-hybridized carbons (Fsp3) is 0.529. The van der Waals surface area contributed by atoms with Crippen molar-refractivity contribution >= 4 is 49.4 Å². The van der Waals surface area contributed by atoms with Gasteiger partial charge in [-0.3, -0.25) is 14.5 Å². The Morgan fingerprint density at radius 1 is 1.20 bits per heavy atom.